The van der Waals surface area contributed by atoms with Crippen molar-refractivity contribution in [2.24, 2.45) is 0 Å². The first kappa shape index (κ1) is 21.6. The fraction of sp³-hybridized carbons (Fsp3) is 0.160. The molecule has 4 aromatic rings. The summed E-state index contributed by atoms with van der Waals surface area (Å²) < 4.78 is 6.83. The minimum atomic E-state index is -0.187. The summed E-state index contributed by atoms with van der Waals surface area (Å²) in [6.07, 6.45) is 0. The number of benzene rings is 3. The molecule has 1 heterocycles. The number of fused-ring (bicyclic) bond motifs is 1. The average Bonchev–Trinajstić information content (AvgIpc) is 2.81. The summed E-state index contributed by atoms with van der Waals surface area (Å²) in [4.78, 5) is 30.5. The minimum absolute atomic E-state index is 0.119. The molecule has 162 valence electrons. The number of hydrogen-bond donors (Lipinski definition) is 1. The van der Waals surface area contributed by atoms with Crippen molar-refractivity contribution in [1.82, 2.24) is 9.55 Å². The van der Waals surface area contributed by atoms with Crippen molar-refractivity contribution in [3.63, 3.8) is 0 Å². The van der Waals surface area contributed by atoms with E-state index in [1.807, 2.05) is 61.5 Å². The van der Waals surface area contributed by atoms with E-state index < -0.39 is 0 Å². The Morgan fingerprint density at radius 3 is 2.62 bits per heavy atom. The second-order valence-corrected chi connectivity index (χ2v) is 8.30. The molecule has 0 aliphatic rings. The van der Waals surface area contributed by atoms with Gasteiger partial charge in [-0.2, -0.15) is 0 Å². The monoisotopic (exact) mass is 445 g/mol. The summed E-state index contributed by atoms with van der Waals surface area (Å²) in [6.45, 7) is 2.41. The number of nitrogens with zero attached hydrogens (tertiary/aromatic N) is 2. The van der Waals surface area contributed by atoms with Crippen molar-refractivity contribution in [3.05, 3.63) is 94.3 Å². The molecule has 1 N–H and O–H groups in total. The van der Waals surface area contributed by atoms with Gasteiger partial charge in [0.25, 0.3) is 5.56 Å². The van der Waals surface area contributed by atoms with Crippen LogP contribution in [0.15, 0.2) is 82.7 Å². The van der Waals surface area contributed by atoms with Crippen LogP contribution in [0.25, 0.3) is 10.9 Å². The Labute approximate surface area is 190 Å². The van der Waals surface area contributed by atoms with Crippen LogP contribution in [0.1, 0.15) is 11.1 Å². The summed E-state index contributed by atoms with van der Waals surface area (Å²) in [6, 6.07) is 22.5. The number of amides is 1. The van der Waals surface area contributed by atoms with Crippen LogP contribution in [-0.4, -0.2) is 28.3 Å². The summed E-state index contributed by atoms with van der Waals surface area (Å²) in [7, 11) is 1.58. The third kappa shape index (κ3) is 5.00. The van der Waals surface area contributed by atoms with E-state index in [-0.39, 0.29) is 17.2 Å². The lowest BCUT2D eigenvalue weighted by Gasteiger charge is -2.13. The van der Waals surface area contributed by atoms with Gasteiger partial charge in [0.15, 0.2) is 5.16 Å². The Kier molecular flexibility index (Phi) is 6.56. The van der Waals surface area contributed by atoms with Crippen molar-refractivity contribution in [1.29, 1.82) is 0 Å². The first-order chi connectivity index (χ1) is 15.5. The molecule has 0 saturated carbocycles. The number of rotatable bonds is 7. The van der Waals surface area contributed by atoms with Gasteiger partial charge in [-0.15, -0.1) is 0 Å². The van der Waals surface area contributed by atoms with Gasteiger partial charge in [-0.3, -0.25) is 14.2 Å². The van der Waals surface area contributed by atoms with Gasteiger partial charge in [-0.1, -0.05) is 59.8 Å². The van der Waals surface area contributed by atoms with Crippen LogP contribution in [0.5, 0.6) is 5.75 Å². The number of aromatic nitrogens is 2. The molecule has 1 amide bonds. The summed E-state index contributed by atoms with van der Waals surface area (Å²) >= 11 is 1.24. The van der Waals surface area contributed by atoms with Crippen LogP contribution in [0.4, 0.5) is 5.69 Å². The number of ether oxygens (including phenoxy) is 1. The van der Waals surface area contributed by atoms with E-state index in [0.29, 0.717) is 34.0 Å². The molecule has 6 nitrogen and oxygen atoms in total. The number of para-hydroxylation sites is 1. The lowest BCUT2D eigenvalue weighted by molar-refractivity contribution is -0.113. The van der Waals surface area contributed by atoms with E-state index in [2.05, 4.69) is 10.3 Å². The summed E-state index contributed by atoms with van der Waals surface area (Å²) in [5.74, 6) is 0.599. The Morgan fingerprint density at radius 1 is 1.06 bits per heavy atom. The van der Waals surface area contributed by atoms with Crippen molar-refractivity contribution in [3.8, 4) is 5.75 Å². The molecule has 0 radical (unpaired) electrons. The number of hydrogen-bond acceptors (Lipinski definition) is 5. The molecule has 1 aromatic heterocycles. The molecule has 0 aliphatic carbocycles. The van der Waals surface area contributed by atoms with Crippen LogP contribution in [0.3, 0.4) is 0 Å². The number of methoxy groups -OCH3 is 1. The molecule has 0 fully saturated rings. The Morgan fingerprint density at radius 2 is 1.84 bits per heavy atom. The topological polar surface area (TPSA) is 73.2 Å². The molecular weight excluding hydrogens is 422 g/mol. The predicted molar refractivity (Wildman–Crippen MR) is 129 cm³/mol. The Hall–Kier alpha value is -3.58. The maximum atomic E-state index is 13.2. The molecule has 3 aromatic carbocycles. The van der Waals surface area contributed by atoms with Crippen LogP contribution < -0.4 is 15.6 Å². The van der Waals surface area contributed by atoms with E-state index >= 15 is 0 Å². The predicted octanol–water partition coefficient (Wildman–Crippen LogP) is 4.49. The number of carbonyl (C=O) groups is 1. The van der Waals surface area contributed by atoms with Gasteiger partial charge < -0.3 is 10.1 Å². The van der Waals surface area contributed by atoms with Gasteiger partial charge >= 0.3 is 0 Å². The zero-order valence-corrected chi connectivity index (χ0v) is 18.7. The fourth-order valence-electron chi connectivity index (χ4n) is 3.30. The van der Waals surface area contributed by atoms with E-state index in [1.165, 1.54) is 11.8 Å². The van der Waals surface area contributed by atoms with Crippen molar-refractivity contribution in [2.45, 2.75) is 18.6 Å². The Bertz CT molecular complexity index is 1320. The molecule has 0 atom stereocenters. The summed E-state index contributed by atoms with van der Waals surface area (Å²) in [5.41, 5.74) is 3.30. The van der Waals surface area contributed by atoms with Crippen LogP contribution in [-0.2, 0) is 11.3 Å². The SMILES string of the molecule is COc1cccc(NC(=O)CSc2nc3ccccc3c(=O)n2Cc2ccc(C)cc2)c1. The van der Waals surface area contributed by atoms with E-state index in [4.69, 9.17) is 4.74 Å². The fourth-order valence-corrected chi connectivity index (χ4v) is 4.10. The quantitative estimate of drug-likeness (QED) is 0.335. The van der Waals surface area contributed by atoms with Gasteiger partial charge in [-0.05, 0) is 36.8 Å². The lowest BCUT2D eigenvalue weighted by Crippen LogP contribution is -2.25. The highest BCUT2D eigenvalue weighted by molar-refractivity contribution is 7.99. The minimum Gasteiger partial charge on any atom is -0.497 e. The van der Waals surface area contributed by atoms with Crippen molar-refractivity contribution >= 4 is 34.3 Å². The number of nitrogens with one attached hydrogen (secondary N) is 1. The zero-order chi connectivity index (χ0) is 22.5. The zero-order valence-electron chi connectivity index (χ0n) is 17.9. The molecular formula is C25H23N3O3S. The van der Waals surface area contributed by atoms with E-state index in [9.17, 15) is 9.59 Å². The van der Waals surface area contributed by atoms with Crippen LogP contribution >= 0.6 is 11.8 Å². The van der Waals surface area contributed by atoms with Gasteiger partial charge in [-0.25, -0.2) is 4.98 Å². The number of aryl methyl sites for hydroxylation is 1. The van der Waals surface area contributed by atoms with E-state index in [0.717, 1.165) is 11.1 Å². The molecule has 0 aliphatic heterocycles. The number of anilines is 1. The first-order valence-electron chi connectivity index (χ1n) is 10.2. The second kappa shape index (κ2) is 9.70. The molecule has 7 heteroatoms. The lowest BCUT2D eigenvalue weighted by atomic mass is 10.1. The number of thioether (sulfide) groups is 1. The third-order valence-electron chi connectivity index (χ3n) is 4.97. The van der Waals surface area contributed by atoms with Gasteiger partial charge in [0, 0.05) is 11.8 Å². The van der Waals surface area contributed by atoms with Gasteiger partial charge in [0.1, 0.15) is 5.75 Å². The highest BCUT2D eigenvalue weighted by atomic mass is 32.2. The van der Waals surface area contributed by atoms with Crippen molar-refractivity contribution < 1.29 is 9.53 Å². The Balaban J connectivity index is 1.59. The molecule has 0 spiro atoms. The number of carbonyl (C=O) groups excluding carboxylic acids is 1. The third-order valence-corrected chi connectivity index (χ3v) is 5.95. The molecule has 4 rings (SSSR count). The maximum Gasteiger partial charge on any atom is 0.262 e. The van der Waals surface area contributed by atoms with Crippen LogP contribution in [0, 0.1) is 6.92 Å². The molecule has 0 bridgehead atoms. The van der Waals surface area contributed by atoms with Crippen LogP contribution in [0.2, 0.25) is 0 Å². The maximum absolute atomic E-state index is 13.2. The molecule has 0 unspecified atom stereocenters. The van der Waals surface area contributed by atoms with Gasteiger partial charge in [0.2, 0.25) is 5.91 Å². The highest BCUT2D eigenvalue weighted by Crippen LogP contribution is 2.21. The highest BCUT2D eigenvalue weighted by Gasteiger charge is 2.14. The average molecular weight is 446 g/mol. The van der Waals surface area contributed by atoms with Crippen molar-refractivity contribution in [2.75, 3.05) is 18.2 Å². The smallest absolute Gasteiger partial charge is 0.262 e. The largest absolute Gasteiger partial charge is 0.497 e. The van der Waals surface area contributed by atoms with Gasteiger partial charge in [0.05, 0.1) is 30.3 Å². The molecule has 32 heavy (non-hydrogen) atoms. The van der Waals surface area contributed by atoms with E-state index in [1.54, 1.807) is 29.9 Å². The normalized spacial score (nSPS) is 10.8. The summed E-state index contributed by atoms with van der Waals surface area (Å²) in [5, 5.41) is 3.93. The molecule has 0 saturated heterocycles. The first-order valence-corrected chi connectivity index (χ1v) is 11.1. The standard InChI is InChI=1S/C25H23N3O3S/c1-17-10-12-18(13-11-17)15-28-24(30)21-8-3-4-9-22(21)27-25(28)32-16-23(29)26-19-6-5-7-20(14-19)31-2/h3-14H,15-16H2,1-2H3,(H,26,29). The second-order valence-electron chi connectivity index (χ2n) is 7.36.